The summed E-state index contributed by atoms with van der Waals surface area (Å²) in [6, 6.07) is 9.39. The van der Waals surface area contributed by atoms with Crippen molar-refractivity contribution >= 4 is 35.4 Å². The molecule has 9 heteroatoms. The van der Waals surface area contributed by atoms with Crippen LogP contribution >= 0.6 is 0 Å². The van der Waals surface area contributed by atoms with E-state index in [9.17, 15) is 23.6 Å². The molecule has 3 N–H and O–H groups in total. The topological polar surface area (TPSA) is 108 Å². The van der Waals surface area contributed by atoms with E-state index in [0.717, 1.165) is 6.29 Å². The number of amides is 3. The number of anilines is 2. The number of rotatable bonds is 8. The predicted octanol–water partition coefficient (Wildman–Crippen LogP) is 2.45. The van der Waals surface area contributed by atoms with Crippen molar-refractivity contribution in [3.63, 3.8) is 0 Å². The van der Waals surface area contributed by atoms with Gasteiger partial charge in [-0.15, -0.1) is 0 Å². The van der Waals surface area contributed by atoms with Crippen LogP contribution in [0.4, 0.5) is 15.8 Å². The largest absolute Gasteiger partial charge is 0.381 e. The lowest BCUT2D eigenvalue weighted by Gasteiger charge is -2.30. The van der Waals surface area contributed by atoms with E-state index in [1.807, 2.05) is 0 Å². The van der Waals surface area contributed by atoms with Crippen molar-refractivity contribution in [1.82, 2.24) is 10.2 Å². The van der Waals surface area contributed by atoms with Gasteiger partial charge in [-0.25, -0.2) is 4.39 Å². The first kappa shape index (κ1) is 23.1. The van der Waals surface area contributed by atoms with Gasteiger partial charge in [-0.2, -0.15) is 0 Å². The van der Waals surface area contributed by atoms with Gasteiger partial charge in [0.2, 0.25) is 17.7 Å². The number of benzene rings is 2. The minimum Gasteiger partial charge on any atom is -0.381 e. The molecule has 1 fully saturated rings. The Hall–Kier alpha value is -3.59. The third kappa shape index (κ3) is 5.36. The fourth-order valence-electron chi connectivity index (χ4n) is 3.71. The maximum atomic E-state index is 14.7. The molecule has 0 saturated carbocycles. The second-order valence-electron chi connectivity index (χ2n) is 7.69. The predicted molar refractivity (Wildman–Crippen MR) is 117 cm³/mol. The molecule has 2 aromatic carbocycles. The SMILES string of the molecule is CC(=O)Nc1cccc(CNc2cccc(C=O)c2CN(C)C2CCC(=O)NC2=O)c1F. The summed E-state index contributed by atoms with van der Waals surface area (Å²) >= 11 is 0. The number of nitrogens with one attached hydrogen (secondary N) is 3. The van der Waals surface area contributed by atoms with Crippen molar-refractivity contribution < 1.29 is 23.6 Å². The highest BCUT2D eigenvalue weighted by atomic mass is 19.1. The average molecular weight is 440 g/mol. The highest BCUT2D eigenvalue weighted by Crippen LogP contribution is 2.25. The molecule has 0 aromatic heterocycles. The second-order valence-corrected chi connectivity index (χ2v) is 7.69. The molecule has 3 rings (SSSR count). The van der Waals surface area contributed by atoms with E-state index in [-0.39, 0.29) is 42.9 Å². The summed E-state index contributed by atoms with van der Waals surface area (Å²) in [5.41, 5.74) is 2.17. The summed E-state index contributed by atoms with van der Waals surface area (Å²) < 4.78 is 14.7. The summed E-state index contributed by atoms with van der Waals surface area (Å²) in [6.07, 6.45) is 1.39. The Morgan fingerprint density at radius 1 is 1.22 bits per heavy atom. The number of carbonyl (C=O) groups excluding carboxylic acids is 4. The summed E-state index contributed by atoms with van der Waals surface area (Å²) in [5, 5.41) is 7.95. The molecule has 2 aromatic rings. The zero-order valence-electron chi connectivity index (χ0n) is 17.9. The van der Waals surface area contributed by atoms with E-state index < -0.39 is 11.9 Å². The molecule has 1 unspecified atom stereocenters. The molecule has 0 bridgehead atoms. The maximum Gasteiger partial charge on any atom is 0.243 e. The van der Waals surface area contributed by atoms with Crippen molar-refractivity contribution in [2.75, 3.05) is 17.7 Å². The molecule has 0 aliphatic carbocycles. The number of piperidine rings is 1. The molecule has 8 nitrogen and oxygen atoms in total. The number of hydrogen-bond acceptors (Lipinski definition) is 6. The minimum absolute atomic E-state index is 0.0938. The van der Waals surface area contributed by atoms with Crippen molar-refractivity contribution in [1.29, 1.82) is 0 Å². The van der Waals surface area contributed by atoms with Gasteiger partial charge < -0.3 is 10.6 Å². The van der Waals surface area contributed by atoms with Crippen LogP contribution in [-0.2, 0) is 27.5 Å². The zero-order valence-corrected chi connectivity index (χ0v) is 17.9. The van der Waals surface area contributed by atoms with E-state index in [1.54, 1.807) is 42.3 Å². The molecule has 168 valence electrons. The fraction of sp³-hybridized carbons (Fsp3) is 0.304. The lowest BCUT2D eigenvalue weighted by Crippen LogP contribution is -2.51. The molecule has 3 amide bonds. The van der Waals surface area contributed by atoms with Gasteiger partial charge in [0.1, 0.15) is 6.29 Å². The number of carbonyl (C=O) groups is 4. The average Bonchev–Trinajstić information content (AvgIpc) is 2.74. The number of nitrogens with zero attached hydrogens (tertiary/aromatic N) is 1. The Balaban J connectivity index is 1.80. The number of imide groups is 1. The monoisotopic (exact) mass is 440 g/mol. The van der Waals surface area contributed by atoms with Gasteiger partial charge in [-0.1, -0.05) is 24.3 Å². The van der Waals surface area contributed by atoms with Crippen molar-refractivity contribution in [3.8, 4) is 0 Å². The van der Waals surface area contributed by atoms with Gasteiger partial charge in [0.25, 0.3) is 0 Å². The Morgan fingerprint density at radius 3 is 2.62 bits per heavy atom. The van der Waals surface area contributed by atoms with Gasteiger partial charge in [-0.05, 0) is 31.2 Å². The summed E-state index contributed by atoms with van der Waals surface area (Å²) in [5.74, 6) is -1.56. The normalized spacial score (nSPS) is 15.9. The molecular formula is C23H25FN4O4. The third-order valence-corrected chi connectivity index (χ3v) is 5.35. The van der Waals surface area contributed by atoms with Crippen LogP contribution in [0.3, 0.4) is 0 Å². The van der Waals surface area contributed by atoms with Crippen molar-refractivity contribution in [3.05, 3.63) is 58.9 Å². The van der Waals surface area contributed by atoms with Crippen LogP contribution in [0.5, 0.6) is 0 Å². The van der Waals surface area contributed by atoms with Gasteiger partial charge in [-0.3, -0.25) is 29.4 Å². The number of likely N-dealkylation sites (N-methyl/N-ethyl adjacent to an activating group) is 1. The first-order valence-corrected chi connectivity index (χ1v) is 10.2. The molecular weight excluding hydrogens is 415 g/mol. The van der Waals surface area contributed by atoms with E-state index in [2.05, 4.69) is 16.0 Å². The molecule has 1 atom stereocenters. The smallest absolute Gasteiger partial charge is 0.243 e. The van der Waals surface area contributed by atoms with Crippen molar-refractivity contribution in [2.45, 2.75) is 38.9 Å². The fourth-order valence-corrected chi connectivity index (χ4v) is 3.71. The molecule has 0 radical (unpaired) electrons. The summed E-state index contributed by atoms with van der Waals surface area (Å²) in [4.78, 5) is 48.3. The van der Waals surface area contributed by atoms with Crippen LogP contribution in [0.1, 0.15) is 41.3 Å². The van der Waals surface area contributed by atoms with Gasteiger partial charge >= 0.3 is 0 Å². The summed E-state index contributed by atoms with van der Waals surface area (Å²) in [6.45, 7) is 1.70. The first-order valence-electron chi connectivity index (χ1n) is 10.2. The molecule has 1 saturated heterocycles. The molecule has 32 heavy (non-hydrogen) atoms. The van der Waals surface area contributed by atoms with Crippen LogP contribution in [0, 0.1) is 5.82 Å². The van der Waals surface area contributed by atoms with Gasteiger partial charge in [0.15, 0.2) is 5.82 Å². The molecule has 1 aliphatic heterocycles. The quantitative estimate of drug-likeness (QED) is 0.430. The lowest BCUT2D eigenvalue weighted by molar-refractivity contribution is -0.137. The number of halogens is 1. The standard InChI is InChI=1S/C23H25FN4O4/c1-14(30)26-19-8-3-5-15(22(19)24)11-25-18-7-4-6-16(13-29)17(18)12-28(2)20-9-10-21(31)27-23(20)32/h3-8,13,20,25H,9-12H2,1-2H3,(H,26,30)(H,27,31,32). The number of aldehydes is 1. The van der Waals surface area contributed by atoms with Crippen LogP contribution in [0.25, 0.3) is 0 Å². The Morgan fingerprint density at radius 2 is 1.94 bits per heavy atom. The van der Waals surface area contributed by atoms with Gasteiger partial charge in [0.05, 0.1) is 11.7 Å². The van der Waals surface area contributed by atoms with E-state index in [4.69, 9.17) is 0 Å². The van der Waals surface area contributed by atoms with Crippen molar-refractivity contribution in [2.24, 2.45) is 0 Å². The third-order valence-electron chi connectivity index (χ3n) is 5.35. The highest BCUT2D eigenvalue weighted by Gasteiger charge is 2.30. The van der Waals surface area contributed by atoms with Gasteiger partial charge in [0, 0.05) is 43.2 Å². The van der Waals surface area contributed by atoms with E-state index in [0.29, 0.717) is 28.8 Å². The summed E-state index contributed by atoms with van der Waals surface area (Å²) in [7, 11) is 1.75. The van der Waals surface area contributed by atoms with Crippen LogP contribution in [0.2, 0.25) is 0 Å². The van der Waals surface area contributed by atoms with Crippen LogP contribution in [-0.4, -0.2) is 42.0 Å². The molecule has 0 spiro atoms. The lowest BCUT2D eigenvalue weighted by atomic mass is 10.0. The Bertz CT molecular complexity index is 1060. The highest BCUT2D eigenvalue weighted by molar-refractivity contribution is 6.00. The maximum absolute atomic E-state index is 14.7. The van der Waals surface area contributed by atoms with Crippen LogP contribution < -0.4 is 16.0 Å². The first-order chi connectivity index (χ1) is 15.3. The van der Waals surface area contributed by atoms with E-state index >= 15 is 0 Å². The van der Waals surface area contributed by atoms with E-state index in [1.165, 1.54) is 13.0 Å². The minimum atomic E-state index is -0.538. The molecule has 1 heterocycles. The number of hydrogen-bond donors (Lipinski definition) is 3. The molecule has 1 aliphatic rings. The Labute approximate surface area is 185 Å². The van der Waals surface area contributed by atoms with Crippen LogP contribution in [0.15, 0.2) is 36.4 Å². The second kappa shape index (κ2) is 10.1. The Kier molecular flexibility index (Phi) is 7.32. The zero-order chi connectivity index (χ0) is 23.3.